The molecule has 3 heteroatoms. The van der Waals surface area contributed by atoms with Crippen molar-refractivity contribution in [2.75, 3.05) is 7.05 Å². The van der Waals surface area contributed by atoms with Crippen molar-refractivity contribution in [3.8, 4) is 0 Å². The van der Waals surface area contributed by atoms with Crippen LogP contribution >= 0.6 is 0 Å². The highest BCUT2D eigenvalue weighted by Crippen LogP contribution is 2.09. The van der Waals surface area contributed by atoms with Gasteiger partial charge in [0, 0.05) is 31.9 Å². The SMILES string of the molecule is CCCCCC(CCc1nccn1C)NC. The third-order valence-corrected chi connectivity index (χ3v) is 3.20. The van der Waals surface area contributed by atoms with Crippen LogP contribution in [-0.2, 0) is 13.5 Å². The number of hydrogen-bond acceptors (Lipinski definition) is 2. The summed E-state index contributed by atoms with van der Waals surface area (Å²) in [5.41, 5.74) is 0. The lowest BCUT2D eigenvalue weighted by Gasteiger charge is -2.15. The monoisotopic (exact) mass is 223 g/mol. The number of nitrogens with zero attached hydrogens (tertiary/aromatic N) is 2. The van der Waals surface area contributed by atoms with Gasteiger partial charge in [0.05, 0.1) is 0 Å². The lowest BCUT2D eigenvalue weighted by Crippen LogP contribution is -2.26. The van der Waals surface area contributed by atoms with Crippen LogP contribution in [0.4, 0.5) is 0 Å². The first-order valence-electron chi connectivity index (χ1n) is 6.41. The van der Waals surface area contributed by atoms with Crippen molar-refractivity contribution in [3.05, 3.63) is 18.2 Å². The van der Waals surface area contributed by atoms with Gasteiger partial charge in [-0.2, -0.15) is 0 Å². The Kier molecular flexibility index (Phi) is 6.16. The lowest BCUT2D eigenvalue weighted by molar-refractivity contribution is 0.459. The number of unbranched alkanes of at least 4 members (excludes halogenated alkanes) is 2. The molecule has 0 aliphatic heterocycles. The minimum absolute atomic E-state index is 0.642. The van der Waals surface area contributed by atoms with E-state index >= 15 is 0 Å². The maximum absolute atomic E-state index is 4.35. The fourth-order valence-electron chi connectivity index (χ4n) is 2.01. The molecule has 92 valence electrons. The van der Waals surface area contributed by atoms with Gasteiger partial charge in [0.1, 0.15) is 5.82 Å². The van der Waals surface area contributed by atoms with E-state index in [4.69, 9.17) is 0 Å². The van der Waals surface area contributed by atoms with Crippen molar-refractivity contribution < 1.29 is 0 Å². The molecule has 1 atom stereocenters. The molecule has 0 aliphatic rings. The van der Waals surface area contributed by atoms with E-state index in [1.807, 2.05) is 12.4 Å². The first-order valence-corrected chi connectivity index (χ1v) is 6.41. The van der Waals surface area contributed by atoms with Crippen LogP contribution in [0.15, 0.2) is 12.4 Å². The van der Waals surface area contributed by atoms with Gasteiger partial charge in [0.2, 0.25) is 0 Å². The Bertz CT molecular complexity index is 280. The van der Waals surface area contributed by atoms with E-state index in [0.29, 0.717) is 6.04 Å². The van der Waals surface area contributed by atoms with Crippen molar-refractivity contribution in [1.82, 2.24) is 14.9 Å². The Hall–Kier alpha value is -0.830. The molecule has 0 amide bonds. The predicted octanol–water partition coefficient (Wildman–Crippen LogP) is 2.52. The van der Waals surface area contributed by atoms with E-state index in [1.165, 1.54) is 37.9 Å². The fourth-order valence-corrected chi connectivity index (χ4v) is 2.01. The fraction of sp³-hybridized carbons (Fsp3) is 0.769. The summed E-state index contributed by atoms with van der Waals surface area (Å²) < 4.78 is 2.11. The third kappa shape index (κ3) is 4.35. The van der Waals surface area contributed by atoms with Gasteiger partial charge in [0.25, 0.3) is 0 Å². The van der Waals surface area contributed by atoms with Crippen LogP contribution < -0.4 is 5.32 Å². The molecule has 0 aromatic carbocycles. The summed E-state index contributed by atoms with van der Waals surface area (Å²) in [6.07, 6.45) is 11.4. The highest BCUT2D eigenvalue weighted by molar-refractivity contribution is 4.91. The maximum Gasteiger partial charge on any atom is 0.108 e. The largest absolute Gasteiger partial charge is 0.338 e. The Labute approximate surface area is 99.3 Å². The van der Waals surface area contributed by atoms with Gasteiger partial charge in [-0.3, -0.25) is 0 Å². The topological polar surface area (TPSA) is 29.9 Å². The molecule has 1 aromatic heterocycles. The van der Waals surface area contributed by atoms with E-state index in [1.54, 1.807) is 0 Å². The molecular weight excluding hydrogens is 198 g/mol. The van der Waals surface area contributed by atoms with Crippen LogP contribution in [-0.4, -0.2) is 22.6 Å². The van der Waals surface area contributed by atoms with Gasteiger partial charge < -0.3 is 9.88 Å². The van der Waals surface area contributed by atoms with Crippen LogP contribution in [0.5, 0.6) is 0 Å². The van der Waals surface area contributed by atoms with E-state index in [9.17, 15) is 0 Å². The van der Waals surface area contributed by atoms with Crippen molar-refractivity contribution in [3.63, 3.8) is 0 Å². The molecule has 16 heavy (non-hydrogen) atoms. The highest BCUT2D eigenvalue weighted by atomic mass is 15.0. The molecule has 0 aliphatic carbocycles. The number of imidazole rings is 1. The second-order valence-electron chi connectivity index (χ2n) is 4.47. The Balaban J connectivity index is 2.26. The molecule has 1 heterocycles. The Morgan fingerprint density at radius 1 is 1.38 bits per heavy atom. The predicted molar refractivity (Wildman–Crippen MR) is 68.5 cm³/mol. The van der Waals surface area contributed by atoms with Crippen LogP contribution in [0.2, 0.25) is 0 Å². The third-order valence-electron chi connectivity index (χ3n) is 3.20. The average Bonchev–Trinajstić information content (AvgIpc) is 2.69. The van der Waals surface area contributed by atoms with Crippen molar-refractivity contribution in [2.45, 2.75) is 51.5 Å². The van der Waals surface area contributed by atoms with Crippen molar-refractivity contribution in [2.24, 2.45) is 7.05 Å². The summed E-state index contributed by atoms with van der Waals surface area (Å²) in [5, 5.41) is 3.41. The van der Waals surface area contributed by atoms with Gasteiger partial charge in [-0.05, 0) is 19.9 Å². The minimum atomic E-state index is 0.642. The van der Waals surface area contributed by atoms with E-state index in [-0.39, 0.29) is 0 Å². The van der Waals surface area contributed by atoms with Gasteiger partial charge >= 0.3 is 0 Å². The average molecular weight is 223 g/mol. The summed E-state index contributed by atoms with van der Waals surface area (Å²) in [7, 11) is 4.13. The van der Waals surface area contributed by atoms with E-state index in [2.05, 4.69) is 35.9 Å². The molecule has 0 spiro atoms. The van der Waals surface area contributed by atoms with Crippen LogP contribution in [0.3, 0.4) is 0 Å². The molecule has 0 radical (unpaired) electrons. The molecule has 1 unspecified atom stereocenters. The quantitative estimate of drug-likeness (QED) is 0.686. The molecule has 0 saturated heterocycles. The summed E-state index contributed by atoms with van der Waals surface area (Å²) >= 11 is 0. The van der Waals surface area contributed by atoms with Crippen molar-refractivity contribution >= 4 is 0 Å². The smallest absolute Gasteiger partial charge is 0.108 e. The number of rotatable bonds is 8. The first-order chi connectivity index (χ1) is 7.77. The summed E-state index contributed by atoms with van der Waals surface area (Å²) in [6.45, 7) is 2.25. The highest BCUT2D eigenvalue weighted by Gasteiger charge is 2.07. The molecule has 3 nitrogen and oxygen atoms in total. The molecule has 0 saturated carbocycles. The number of nitrogens with one attached hydrogen (secondary N) is 1. The zero-order valence-electron chi connectivity index (χ0n) is 10.9. The number of hydrogen-bond donors (Lipinski definition) is 1. The van der Waals surface area contributed by atoms with E-state index in [0.717, 1.165) is 6.42 Å². The summed E-state index contributed by atoms with van der Waals surface area (Å²) in [4.78, 5) is 4.35. The molecule has 1 N–H and O–H groups in total. The molecule has 1 aromatic rings. The minimum Gasteiger partial charge on any atom is -0.338 e. The first kappa shape index (κ1) is 13.2. The van der Waals surface area contributed by atoms with Crippen LogP contribution in [0.25, 0.3) is 0 Å². The summed E-state index contributed by atoms with van der Waals surface area (Å²) in [6, 6.07) is 0.642. The summed E-state index contributed by atoms with van der Waals surface area (Å²) in [5.74, 6) is 1.19. The normalized spacial score (nSPS) is 12.9. The van der Waals surface area contributed by atoms with Gasteiger partial charge in [0.15, 0.2) is 0 Å². The molecular formula is C13H25N3. The van der Waals surface area contributed by atoms with Crippen molar-refractivity contribution in [1.29, 1.82) is 0 Å². The van der Waals surface area contributed by atoms with Gasteiger partial charge in [-0.1, -0.05) is 26.2 Å². The molecule has 0 bridgehead atoms. The Morgan fingerprint density at radius 2 is 2.19 bits per heavy atom. The maximum atomic E-state index is 4.35. The van der Waals surface area contributed by atoms with Gasteiger partial charge in [-0.25, -0.2) is 4.98 Å². The Morgan fingerprint density at radius 3 is 2.75 bits per heavy atom. The standard InChI is InChI=1S/C13H25N3/c1-4-5-6-7-12(14-2)8-9-13-15-10-11-16(13)3/h10-12,14H,4-9H2,1-3H3. The molecule has 0 fully saturated rings. The zero-order chi connectivity index (χ0) is 11.8. The second kappa shape index (κ2) is 7.44. The zero-order valence-corrected chi connectivity index (χ0v) is 10.9. The number of aromatic nitrogens is 2. The van der Waals surface area contributed by atoms with E-state index < -0.39 is 0 Å². The molecule has 1 rings (SSSR count). The lowest BCUT2D eigenvalue weighted by atomic mass is 10.0. The van der Waals surface area contributed by atoms with Crippen LogP contribution in [0, 0.1) is 0 Å². The van der Waals surface area contributed by atoms with Gasteiger partial charge in [-0.15, -0.1) is 0 Å². The number of aryl methyl sites for hydroxylation is 2. The van der Waals surface area contributed by atoms with Crippen LogP contribution in [0.1, 0.15) is 44.9 Å². The second-order valence-corrected chi connectivity index (χ2v) is 4.47.